The van der Waals surface area contributed by atoms with E-state index < -0.39 is 10.7 Å². The second kappa shape index (κ2) is 9.11. The first-order valence-corrected chi connectivity index (χ1v) is 11.0. The van der Waals surface area contributed by atoms with Crippen molar-refractivity contribution in [3.05, 3.63) is 52.5 Å². The lowest BCUT2D eigenvalue weighted by Crippen LogP contribution is -2.26. The number of thioether (sulfide) groups is 1. The van der Waals surface area contributed by atoms with Gasteiger partial charge in [-0.05, 0) is 38.1 Å². The molecule has 0 spiro atoms. The molecule has 0 atom stereocenters. The smallest absolute Gasteiger partial charge is 0.319 e. The monoisotopic (exact) mass is 448 g/mol. The van der Waals surface area contributed by atoms with Crippen molar-refractivity contribution < 1.29 is 9.90 Å². The molecule has 6 nitrogen and oxygen atoms in total. The number of rotatable bonds is 8. The van der Waals surface area contributed by atoms with E-state index in [1.54, 1.807) is 13.8 Å². The van der Waals surface area contributed by atoms with E-state index in [1.165, 1.54) is 23.1 Å². The maximum absolute atomic E-state index is 11.3. The predicted molar refractivity (Wildman–Crippen MR) is 119 cm³/mol. The molecule has 0 unspecified atom stereocenters. The Hall–Kier alpha value is -2.16. The highest BCUT2D eigenvalue weighted by atomic mass is 35.5. The molecule has 0 aliphatic heterocycles. The second-order valence-electron chi connectivity index (χ2n) is 6.98. The van der Waals surface area contributed by atoms with Crippen LogP contribution in [0, 0.1) is 0 Å². The van der Waals surface area contributed by atoms with Crippen molar-refractivity contribution in [1.82, 2.24) is 15.2 Å². The van der Waals surface area contributed by atoms with Crippen LogP contribution in [0.4, 0.5) is 5.82 Å². The topological polar surface area (TPSA) is 79.2 Å². The Kier molecular flexibility index (Phi) is 6.77. The van der Waals surface area contributed by atoms with Gasteiger partial charge >= 0.3 is 5.97 Å². The van der Waals surface area contributed by atoms with Gasteiger partial charge in [-0.1, -0.05) is 35.5 Å². The summed E-state index contributed by atoms with van der Waals surface area (Å²) in [6, 6.07) is 11.4. The molecule has 3 rings (SSSR count). The Morgan fingerprint density at radius 2 is 1.93 bits per heavy atom. The summed E-state index contributed by atoms with van der Waals surface area (Å²) in [7, 11) is 1.96. The third-order valence-electron chi connectivity index (χ3n) is 4.27. The number of anilines is 1. The number of aromatic nitrogens is 3. The lowest BCUT2D eigenvalue weighted by molar-refractivity contribution is -0.138. The Bertz CT molecular complexity index is 975. The zero-order valence-electron chi connectivity index (χ0n) is 16.3. The zero-order chi connectivity index (χ0) is 21.0. The Balaban J connectivity index is 1.57. The molecule has 3 aromatic rings. The summed E-state index contributed by atoms with van der Waals surface area (Å²) in [6.45, 7) is 4.09. The zero-order valence-corrected chi connectivity index (χ0v) is 18.7. The number of carboxylic acids is 1. The third-order valence-corrected chi connectivity index (χ3v) is 6.70. The third kappa shape index (κ3) is 5.68. The summed E-state index contributed by atoms with van der Waals surface area (Å²) in [5, 5.41) is 20.5. The van der Waals surface area contributed by atoms with Crippen molar-refractivity contribution in [2.75, 3.05) is 18.5 Å². The minimum atomic E-state index is -0.895. The standard InChI is InChI=1S/C20H21ClN4O2S2/c1-20(2,18(26)27)29-19-22-15(12-28-19)10-11-25(3)17-9-8-16(23-24-17)13-4-6-14(21)7-5-13/h4-9,12H,10-11H2,1-3H3,(H,26,27). The summed E-state index contributed by atoms with van der Waals surface area (Å²) in [6.07, 6.45) is 0.738. The van der Waals surface area contributed by atoms with Gasteiger partial charge in [-0.15, -0.1) is 21.5 Å². The first-order chi connectivity index (χ1) is 13.7. The molecule has 0 saturated carbocycles. The largest absolute Gasteiger partial charge is 0.480 e. The number of nitrogens with zero attached hydrogens (tertiary/aromatic N) is 4. The van der Waals surface area contributed by atoms with E-state index >= 15 is 0 Å². The maximum atomic E-state index is 11.3. The molecule has 1 N–H and O–H groups in total. The fourth-order valence-electron chi connectivity index (χ4n) is 2.41. The van der Waals surface area contributed by atoms with E-state index in [9.17, 15) is 9.90 Å². The van der Waals surface area contributed by atoms with Crippen molar-refractivity contribution in [2.24, 2.45) is 0 Å². The van der Waals surface area contributed by atoms with Crippen LogP contribution < -0.4 is 4.90 Å². The molecule has 2 heterocycles. The van der Waals surface area contributed by atoms with E-state index in [-0.39, 0.29) is 0 Å². The van der Waals surface area contributed by atoms with Crippen LogP contribution in [0.5, 0.6) is 0 Å². The van der Waals surface area contributed by atoms with Crippen LogP contribution in [-0.4, -0.2) is 44.6 Å². The van der Waals surface area contributed by atoms with Crippen molar-refractivity contribution in [3.8, 4) is 11.3 Å². The van der Waals surface area contributed by atoms with Gasteiger partial charge in [0.25, 0.3) is 0 Å². The van der Waals surface area contributed by atoms with Crippen LogP contribution in [0.25, 0.3) is 11.3 Å². The number of hydrogen-bond acceptors (Lipinski definition) is 7. The number of halogens is 1. The van der Waals surface area contributed by atoms with Crippen molar-refractivity contribution in [3.63, 3.8) is 0 Å². The number of carboxylic acid groups (broad SMARTS) is 1. The molecule has 0 fully saturated rings. The maximum Gasteiger partial charge on any atom is 0.319 e. The van der Waals surface area contributed by atoms with Gasteiger partial charge in [-0.25, -0.2) is 4.98 Å². The molecule has 29 heavy (non-hydrogen) atoms. The SMILES string of the molecule is CN(CCc1csc(SC(C)(C)C(=O)O)n1)c1ccc(-c2ccc(Cl)cc2)nn1. The normalized spacial score (nSPS) is 11.4. The van der Waals surface area contributed by atoms with Gasteiger partial charge in [0.1, 0.15) is 4.75 Å². The molecule has 0 aliphatic rings. The van der Waals surface area contributed by atoms with Gasteiger partial charge in [0, 0.05) is 36.0 Å². The first kappa shape index (κ1) is 21.5. The molecule has 152 valence electrons. The van der Waals surface area contributed by atoms with Crippen LogP contribution in [0.1, 0.15) is 19.5 Å². The highest BCUT2D eigenvalue weighted by molar-refractivity contribution is 8.02. The number of likely N-dealkylation sites (N-methyl/N-ethyl adjacent to an activating group) is 1. The van der Waals surface area contributed by atoms with E-state index in [1.807, 2.05) is 53.7 Å². The molecule has 0 saturated heterocycles. The summed E-state index contributed by atoms with van der Waals surface area (Å²) < 4.78 is -0.130. The molecule has 0 bridgehead atoms. The quantitative estimate of drug-likeness (QED) is 0.491. The molecule has 2 aromatic heterocycles. The fraction of sp³-hybridized carbons (Fsp3) is 0.300. The highest BCUT2D eigenvalue weighted by Gasteiger charge is 2.29. The van der Waals surface area contributed by atoms with E-state index in [0.717, 1.165) is 40.1 Å². The molecule has 0 aliphatic carbocycles. The van der Waals surface area contributed by atoms with Crippen LogP contribution in [0.15, 0.2) is 46.1 Å². The highest BCUT2D eigenvalue weighted by Crippen LogP contribution is 2.34. The lowest BCUT2D eigenvalue weighted by Gasteiger charge is -2.17. The van der Waals surface area contributed by atoms with Gasteiger partial charge in [-0.2, -0.15) is 0 Å². The minimum Gasteiger partial charge on any atom is -0.480 e. The van der Waals surface area contributed by atoms with Gasteiger partial charge < -0.3 is 10.0 Å². The summed E-state index contributed by atoms with van der Waals surface area (Å²) in [5.74, 6) is -0.0702. The number of carbonyl (C=O) groups is 1. The predicted octanol–water partition coefficient (Wildman–Crippen LogP) is 4.89. The van der Waals surface area contributed by atoms with E-state index in [0.29, 0.717) is 5.02 Å². The van der Waals surface area contributed by atoms with Gasteiger partial charge in [-0.3, -0.25) is 4.79 Å². The number of benzene rings is 1. The van der Waals surface area contributed by atoms with Crippen molar-refractivity contribution >= 4 is 46.5 Å². The van der Waals surface area contributed by atoms with Crippen molar-refractivity contribution in [2.45, 2.75) is 29.4 Å². The Morgan fingerprint density at radius 3 is 2.55 bits per heavy atom. The van der Waals surface area contributed by atoms with Crippen molar-refractivity contribution in [1.29, 1.82) is 0 Å². The average Bonchev–Trinajstić information content (AvgIpc) is 3.13. The molecule has 1 aromatic carbocycles. The molecule has 9 heteroatoms. The van der Waals surface area contributed by atoms with Crippen LogP contribution >= 0.6 is 34.7 Å². The van der Waals surface area contributed by atoms with E-state index in [2.05, 4.69) is 15.2 Å². The number of aliphatic carboxylic acids is 1. The number of thiazole rings is 1. The van der Waals surface area contributed by atoms with Crippen LogP contribution in [-0.2, 0) is 11.2 Å². The number of hydrogen-bond donors (Lipinski definition) is 1. The molecule has 0 amide bonds. The summed E-state index contributed by atoms with van der Waals surface area (Å²) >= 11 is 8.67. The fourth-order valence-corrected chi connectivity index (χ4v) is 4.76. The lowest BCUT2D eigenvalue weighted by atomic mass is 10.1. The van der Waals surface area contributed by atoms with Gasteiger partial charge in [0.05, 0.1) is 11.4 Å². The van der Waals surface area contributed by atoms with E-state index in [4.69, 9.17) is 11.6 Å². The van der Waals surface area contributed by atoms with Crippen LogP contribution in [0.2, 0.25) is 5.02 Å². The summed E-state index contributed by atoms with van der Waals surface area (Å²) in [4.78, 5) is 17.8. The van der Waals surface area contributed by atoms with Gasteiger partial charge in [0.2, 0.25) is 0 Å². The summed E-state index contributed by atoms with van der Waals surface area (Å²) in [5.41, 5.74) is 2.70. The van der Waals surface area contributed by atoms with Gasteiger partial charge in [0.15, 0.2) is 10.2 Å². The molecular formula is C20H21ClN4O2S2. The van der Waals surface area contributed by atoms with Crippen LogP contribution in [0.3, 0.4) is 0 Å². The Morgan fingerprint density at radius 1 is 1.21 bits per heavy atom. The molecular weight excluding hydrogens is 428 g/mol. The average molecular weight is 449 g/mol. The first-order valence-electron chi connectivity index (χ1n) is 8.92. The Labute approximate surface area is 183 Å². The minimum absolute atomic E-state index is 0.688. The second-order valence-corrected chi connectivity index (χ2v) is 10.1. The molecule has 0 radical (unpaired) electrons.